The van der Waals surface area contributed by atoms with E-state index in [4.69, 9.17) is 14.6 Å². The van der Waals surface area contributed by atoms with Gasteiger partial charge in [-0.1, -0.05) is 0 Å². The molecule has 2 unspecified atom stereocenters. The van der Waals surface area contributed by atoms with E-state index in [1.165, 1.54) is 0 Å². The molecule has 0 aliphatic carbocycles. The maximum absolute atomic E-state index is 11.5. The number of carbonyl (C=O) groups excluding carboxylic acids is 2. The minimum atomic E-state index is -1.06. The molecule has 2 aliphatic rings. The number of carboxylic acids is 1. The standard InChI is InChI=1S/C9H11NO6/c11-7-3-16-4-8(12)10(7)6-2-15-1-5(6)9(13)14/h5-6H,1-4H2,(H,13,14). The van der Waals surface area contributed by atoms with Gasteiger partial charge in [0.15, 0.2) is 0 Å². The molecular formula is C9H11NO6. The van der Waals surface area contributed by atoms with Gasteiger partial charge in [0.05, 0.1) is 19.3 Å². The Kier molecular flexibility index (Phi) is 2.88. The van der Waals surface area contributed by atoms with Crippen molar-refractivity contribution in [3.63, 3.8) is 0 Å². The Morgan fingerprint density at radius 2 is 1.81 bits per heavy atom. The number of nitrogens with zero attached hydrogens (tertiary/aromatic N) is 1. The van der Waals surface area contributed by atoms with E-state index in [1.54, 1.807) is 0 Å². The summed E-state index contributed by atoms with van der Waals surface area (Å²) in [6, 6.07) is -0.707. The van der Waals surface area contributed by atoms with Crippen molar-refractivity contribution >= 4 is 17.8 Å². The van der Waals surface area contributed by atoms with Crippen LogP contribution in [0.25, 0.3) is 0 Å². The Morgan fingerprint density at radius 3 is 2.38 bits per heavy atom. The summed E-state index contributed by atoms with van der Waals surface area (Å²) in [5.74, 6) is -2.91. The van der Waals surface area contributed by atoms with Gasteiger partial charge < -0.3 is 14.6 Å². The number of rotatable bonds is 2. The fraction of sp³-hybridized carbons (Fsp3) is 0.667. The van der Waals surface area contributed by atoms with Crippen LogP contribution in [0.5, 0.6) is 0 Å². The molecule has 0 bridgehead atoms. The number of imide groups is 1. The molecule has 0 radical (unpaired) electrons. The number of hydrogen-bond acceptors (Lipinski definition) is 5. The van der Waals surface area contributed by atoms with Crippen molar-refractivity contribution in [1.82, 2.24) is 4.90 Å². The molecule has 7 nitrogen and oxygen atoms in total. The second kappa shape index (κ2) is 4.18. The molecule has 88 valence electrons. The highest BCUT2D eigenvalue weighted by Crippen LogP contribution is 2.21. The van der Waals surface area contributed by atoms with Crippen LogP contribution in [0.1, 0.15) is 0 Å². The lowest BCUT2D eigenvalue weighted by molar-refractivity contribution is -0.163. The summed E-state index contributed by atoms with van der Waals surface area (Å²) in [7, 11) is 0. The third-order valence-corrected chi connectivity index (χ3v) is 2.69. The summed E-state index contributed by atoms with van der Waals surface area (Å²) in [4.78, 5) is 34.9. The summed E-state index contributed by atoms with van der Waals surface area (Å²) in [6.45, 7) is -0.268. The van der Waals surface area contributed by atoms with Crippen LogP contribution in [0.4, 0.5) is 0 Å². The van der Waals surface area contributed by atoms with E-state index in [9.17, 15) is 14.4 Å². The van der Waals surface area contributed by atoms with Crippen molar-refractivity contribution in [1.29, 1.82) is 0 Å². The Balaban J connectivity index is 2.18. The van der Waals surface area contributed by atoms with Crippen LogP contribution >= 0.6 is 0 Å². The molecule has 2 saturated heterocycles. The van der Waals surface area contributed by atoms with E-state index in [-0.39, 0.29) is 26.4 Å². The molecule has 0 aromatic rings. The third kappa shape index (κ3) is 1.79. The van der Waals surface area contributed by atoms with Gasteiger partial charge in [0, 0.05) is 0 Å². The van der Waals surface area contributed by atoms with Crippen molar-refractivity contribution in [2.24, 2.45) is 5.92 Å². The quantitative estimate of drug-likeness (QED) is 0.577. The van der Waals surface area contributed by atoms with Gasteiger partial charge in [-0.2, -0.15) is 0 Å². The molecule has 2 fully saturated rings. The number of hydrogen-bond donors (Lipinski definition) is 1. The van der Waals surface area contributed by atoms with Crippen LogP contribution in [0.3, 0.4) is 0 Å². The molecule has 0 aromatic carbocycles. The number of ether oxygens (including phenoxy) is 2. The first-order valence-corrected chi connectivity index (χ1v) is 4.84. The summed E-state index contributed by atoms with van der Waals surface area (Å²) in [5.41, 5.74) is 0. The van der Waals surface area contributed by atoms with Gasteiger partial charge >= 0.3 is 5.97 Å². The highest BCUT2D eigenvalue weighted by atomic mass is 16.5. The van der Waals surface area contributed by atoms with Crippen LogP contribution in [0.15, 0.2) is 0 Å². The van der Waals surface area contributed by atoms with Crippen LogP contribution in [-0.2, 0) is 23.9 Å². The van der Waals surface area contributed by atoms with Crippen LogP contribution < -0.4 is 0 Å². The van der Waals surface area contributed by atoms with Crippen molar-refractivity contribution in [2.75, 3.05) is 26.4 Å². The molecule has 1 N–H and O–H groups in total. The van der Waals surface area contributed by atoms with Crippen LogP contribution in [-0.4, -0.2) is 60.3 Å². The lowest BCUT2D eigenvalue weighted by atomic mass is 10.0. The molecule has 2 atom stereocenters. The average Bonchev–Trinajstić information content (AvgIpc) is 2.66. The summed E-state index contributed by atoms with van der Waals surface area (Å²) in [5, 5.41) is 8.93. The lowest BCUT2D eigenvalue weighted by Crippen LogP contribution is -2.55. The molecular weight excluding hydrogens is 218 g/mol. The van der Waals surface area contributed by atoms with Gasteiger partial charge in [-0.25, -0.2) is 0 Å². The van der Waals surface area contributed by atoms with Gasteiger partial charge in [0.1, 0.15) is 19.1 Å². The zero-order chi connectivity index (χ0) is 11.7. The molecule has 2 rings (SSSR count). The van der Waals surface area contributed by atoms with Gasteiger partial charge in [-0.15, -0.1) is 0 Å². The lowest BCUT2D eigenvalue weighted by Gasteiger charge is -2.31. The number of carboxylic acid groups (broad SMARTS) is 1. The summed E-state index contributed by atoms with van der Waals surface area (Å²) >= 11 is 0. The van der Waals surface area contributed by atoms with Crippen molar-refractivity contribution in [3.05, 3.63) is 0 Å². The molecule has 2 aliphatic heterocycles. The van der Waals surface area contributed by atoms with Gasteiger partial charge in [0.25, 0.3) is 11.8 Å². The monoisotopic (exact) mass is 229 g/mol. The van der Waals surface area contributed by atoms with Gasteiger partial charge in [0.2, 0.25) is 0 Å². The number of morpholine rings is 1. The molecule has 0 aromatic heterocycles. The zero-order valence-corrected chi connectivity index (χ0v) is 8.42. The fourth-order valence-electron chi connectivity index (χ4n) is 1.91. The third-order valence-electron chi connectivity index (χ3n) is 2.69. The predicted octanol–water partition coefficient (Wildman–Crippen LogP) is -1.53. The second-order valence-electron chi connectivity index (χ2n) is 3.70. The topological polar surface area (TPSA) is 93.1 Å². The first kappa shape index (κ1) is 11.0. The molecule has 0 spiro atoms. The van der Waals surface area contributed by atoms with E-state index in [2.05, 4.69) is 0 Å². The Hall–Kier alpha value is -1.47. The summed E-state index contributed by atoms with van der Waals surface area (Å²) < 4.78 is 9.76. The molecule has 16 heavy (non-hydrogen) atoms. The Bertz CT molecular complexity index is 325. The van der Waals surface area contributed by atoms with Gasteiger partial charge in [-0.3, -0.25) is 19.3 Å². The Morgan fingerprint density at radius 1 is 1.19 bits per heavy atom. The molecule has 7 heteroatoms. The summed E-state index contributed by atoms with van der Waals surface area (Å²) in [6.07, 6.45) is 0. The largest absolute Gasteiger partial charge is 0.481 e. The first-order chi connectivity index (χ1) is 7.61. The average molecular weight is 229 g/mol. The number of carbonyl (C=O) groups is 3. The maximum atomic E-state index is 11.5. The van der Waals surface area contributed by atoms with Crippen LogP contribution in [0, 0.1) is 5.92 Å². The fourth-order valence-corrected chi connectivity index (χ4v) is 1.91. The van der Waals surface area contributed by atoms with Crippen molar-refractivity contribution in [3.8, 4) is 0 Å². The van der Waals surface area contributed by atoms with Gasteiger partial charge in [-0.05, 0) is 0 Å². The zero-order valence-electron chi connectivity index (χ0n) is 8.42. The van der Waals surface area contributed by atoms with E-state index in [1.807, 2.05) is 0 Å². The highest BCUT2D eigenvalue weighted by Gasteiger charge is 2.44. The van der Waals surface area contributed by atoms with Crippen LogP contribution in [0.2, 0.25) is 0 Å². The molecule has 0 saturated carbocycles. The van der Waals surface area contributed by atoms with E-state index in [0.717, 1.165) is 4.90 Å². The maximum Gasteiger partial charge on any atom is 0.311 e. The Labute approximate surface area is 90.9 Å². The minimum Gasteiger partial charge on any atom is -0.481 e. The van der Waals surface area contributed by atoms with Crippen molar-refractivity contribution < 1.29 is 29.0 Å². The highest BCUT2D eigenvalue weighted by molar-refractivity contribution is 5.99. The predicted molar refractivity (Wildman–Crippen MR) is 48.4 cm³/mol. The SMILES string of the molecule is O=C(O)C1COCC1N1C(=O)COCC1=O. The van der Waals surface area contributed by atoms with E-state index >= 15 is 0 Å². The second-order valence-corrected chi connectivity index (χ2v) is 3.70. The van der Waals surface area contributed by atoms with E-state index in [0.29, 0.717) is 0 Å². The minimum absolute atomic E-state index is 0.0257. The van der Waals surface area contributed by atoms with Crippen molar-refractivity contribution in [2.45, 2.75) is 6.04 Å². The number of amides is 2. The smallest absolute Gasteiger partial charge is 0.311 e. The first-order valence-electron chi connectivity index (χ1n) is 4.84. The van der Waals surface area contributed by atoms with E-state index < -0.39 is 29.7 Å². The normalized spacial score (nSPS) is 30.9. The molecule has 2 amide bonds. The number of aliphatic carboxylic acids is 1. The molecule has 2 heterocycles.